The van der Waals surface area contributed by atoms with Crippen LogP contribution in [0.1, 0.15) is 5.56 Å². The summed E-state index contributed by atoms with van der Waals surface area (Å²) >= 11 is 0. The summed E-state index contributed by atoms with van der Waals surface area (Å²) in [5.41, 5.74) is -1.09. The summed E-state index contributed by atoms with van der Waals surface area (Å²) in [6.07, 6.45) is 0. The summed E-state index contributed by atoms with van der Waals surface area (Å²) < 4.78 is 0. The number of non-ortho nitro benzene ring substituents is 1. The lowest BCUT2D eigenvalue weighted by molar-refractivity contribution is -0.394. The molecule has 3 rings (SSSR count). The van der Waals surface area contributed by atoms with Gasteiger partial charge in [-0.15, -0.1) is 10.2 Å². The molecule has 136 valence electrons. The average Bonchev–Trinajstić information content (AvgIpc) is 2.64. The Balaban J connectivity index is 2.14. The van der Waals surface area contributed by atoms with Crippen molar-refractivity contribution in [3.63, 3.8) is 0 Å². The molecular formula is C17H12N4O6. The Hall–Kier alpha value is -4.08. The van der Waals surface area contributed by atoms with Crippen molar-refractivity contribution in [3.05, 3.63) is 68.3 Å². The summed E-state index contributed by atoms with van der Waals surface area (Å²) in [5.74, 6) is -1.02. The van der Waals surface area contributed by atoms with Gasteiger partial charge >= 0.3 is 5.69 Å². The van der Waals surface area contributed by atoms with Gasteiger partial charge in [0.15, 0.2) is 5.75 Å². The quantitative estimate of drug-likeness (QED) is 0.383. The van der Waals surface area contributed by atoms with Crippen LogP contribution in [0.15, 0.2) is 52.7 Å². The van der Waals surface area contributed by atoms with Gasteiger partial charge in [0.1, 0.15) is 11.4 Å². The highest BCUT2D eigenvalue weighted by molar-refractivity contribution is 5.94. The molecule has 3 aromatic carbocycles. The number of azo groups is 1. The van der Waals surface area contributed by atoms with Gasteiger partial charge in [-0.05, 0) is 23.9 Å². The van der Waals surface area contributed by atoms with Crippen LogP contribution in [0.3, 0.4) is 0 Å². The van der Waals surface area contributed by atoms with Crippen molar-refractivity contribution in [2.75, 3.05) is 0 Å². The highest BCUT2D eigenvalue weighted by atomic mass is 16.6. The van der Waals surface area contributed by atoms with Gasteiger partial charge in [-0.3, -0.25) is 20.2 Å². The Morgan fingerprint density at radius 3 is 2.04 bits per heavy atom. The summed E-state index contributed by atoms with van der Waals surface area (Å²) in [4.78, 5) is 20.1. The molecule has 0 bridgehead atoms. The molecule has 10 heteroatoms. The Bertz CT molecular complexity index is 1130. The highest BCUT2D eigenvalue weighted by Gasteiger charge is 2.24. The topological polar surface area (TPSA) is 151 Å². The maximum Gasteiger partial charge on any atom is 0.319 e. The molecular weight excluding hydrogens is 356 g/mol. The first-order chi connectivity index (χ1) is 12.8. The number of aromatic hydroxyl groups is 2. The molecule has 0 aliphatic rings. The standard InChI is InChI=1S/C17H12N4O6/c1-9-6-13(16(22)12-5-3-2-4-11(9)12)18-19-14-7-10(20(24)25)8-15(17(14)23)21(26)27/h2-8,22-23H,1H3. The van der Waals surface area contributed by atoms with Gasteiger partial charge in [0, 0.05) is 11.5 Å². The minimum atomic E-state index is -0.959. The molecule has 27 heavy (non-hydrogen) atoms. The van der Waals surface area contributed by atoms with Crippen molar-refractivity contribution >= 4 is 33.5 Å². The third-order valence-electron chi connectivity index (χ3n) is 3.93. The number of nitrogens with zero attached hydrogens (tertiary/aromatic N) is 4. The van der Waals surface area contributed by atoms with Crippen molar-refractivity contribution in [2.24, 2.45) is 10.2 Å². The van der Waals surface area contributed by atoms with E-state index in [-0.39, 0.29) is 11.4 Å². The SMILES string of the molecule is Cc1cc(N=Nc2cc([N+](=O)[O-])cc([N+](=O)[O-])c2O)c(O)c2ccccc12. The smallest absolute Gasteiger partial charge is 0.319 e. The molecule has 0 spiro atoms. The second-order valence-corrected chi connectivity index (χ2v) is 5.65. The van der Waals surface area contributed by atoms with Gasteiger partial charge in [0.05, 0.1) is 15.9 Å². The Labute approximate surface area is 151 Å². The van der Waals surface area contributed by atoms with Crippen LogP contribution in [-0.4, -0.2) is 20.1 Å². The first-order valence-corrected chi connectivity index (χ1v) is 7.58. The number of hydrogen-bond acceptors (Lipinski definition) is 8. The highest BCUT2D eigenvalue weighted by Crippen LogP contribution is 2.42. The van der Waals surface area contributed by atoms with Gasteiger partial charge in [-0.2, -0.15) is 0 Å². The van der Waals surface area contributed by atoms with Gasteiger partial charge < -0.3 is 10.2 Å². The zero-order valence-corrected chi connectivity index (χ0v) is 13.9. The molecule has 0 saturated heterocycles. The van der Waals surface area contributed by atoms with E-state index in [2.05, 4.69) is 10.2 Å². The molecule has 0 fully saturated rings. The number of benzene rings is 3. The number of phenols is 2. The number of hydrogen-bond donors (Lipinski definition) is 2. The number of nitro groups is 2. The van der Waals surface area contributed by atoms with Crippen LogP contribution < -0.4 is 0 Å². The van der Waals surface area contributed by atoms with Crippen molar-refractivity contribution < 1.29 is 20.1 Å². The first-order valence-electron chi connectivity index (χ1n) is 7.58. The lowest BCUT2D eigenvalue weighted by Crippen LogP contribution is -1.93. The van der Waals surface area contributed by atoms with E-state index in [1.165, 1.54) is 0 Å². The predicted octanol–water partition coefficient (Wildman–Crippen LogP) is 4.79. The summed E-state index contributed by atoms with van der Waals surface area (Å²) in [7, 11) is 0. The van der Waals surface area contributed by atoms with Crippen molar-refractivity contribution in [1.82, 2.24) is 0 Å². The third kappa shape index (κ3) is 3.23. The van der Waals surface area contributed by atoms with Crippen molar-refractivity contribution in [2.45, 2.75) is 6.92 Å². The number of rotatable bonds is 4. The molecule has 0 unspecified atom stereocenters. The molecule has 2 N–H and O–H groups in total. The van der Waals surface area contributed by atoms with Gasteiger partial charge in [-0.1, -0.05) is 24.3 Å². The second kappa shape index (κ2) is 6.67. The maximum atomic E-state index is 11.0. The van der Waals surface area contributed by atoms with Gasteiger partial charge in [-0.25, -0.2) is 0 Å². The van der Waals surface area contributed by atoms with E-state index < -0.39 is 32.7 Å². The predicted molar refractivity (Wildman–Crippen MR) is 95.9 cm³/mol. The fourth-order valence-electron chi connectivity index (χ4n) is 2.62. The van der Waals surface area contributed by atoms with Crippen LogP contribution in [0.5, 0.6) is 11.5 Å². The summed E-state index contributed by atoms with van der Waals surface area (Å²) in [6, 6.07) is 10.1. The average molecular weight is 368 g/mol. The Morgan fingerprint density at radius 2 is 1.44 bits per heavy atom. The van der Waals surface area contributed by atoms with Crippen LogP contribution in [0.4, 0.5) is 22.7 Å². The molecule has 10 nitrogen and oxygen atoms in total. The molecule has 0 aliphatic heterocycles. The van der Waals surface area contributed by atoms with Gasteiger partial charge in [0.2, 0.25) is 5.75 Å². The molecule has 0 heterocycles. The van der Waals surface area contributed by atoms with E-state index in [4.69, 9.17) is 0 Å². The number of nitro benzene ring substituents is 2. The van der Waals surface area contributed by atoms with Gasteiger partial charge in [0.25, 0.3) is 5.69 Å². The third-order valence-corrected chi connectivity index (χ3v) is 3.93. The summed E-state index contributed by atoms with van der Waals surface area (Å²) in [5, 5.41) is 51.1. The molecule has 3 aromatic rings. The molecule has 0 radical (unpaired) electrons. The first kappa shape index (κ1) is 17.7. The fraction of sp³-hybridized carbons (Fsp3) is 0.0588. The normalized spacial score (nSPS) is 11.1. The molecule has 0 amide bonds. The van der Waals surface area contributed by atoms with E-state index in [1.54, 1.807) is 25.1 Å². The van der Waals surface area contributed by atoms with Crippen LogP contribution >= 0.6 is 0 Å². The maximum absolute atomic E-state index is 11.0. The molecule has 0 saturated carbocycles. The lowest BCUT2D eigenvalue weighted by atomic mass is 10.0. The Kier molecular flexibility index (Phi) is 4.38. The fourth-order valence-corrected chi connectivity index (χ4v) is 2.62. The van der Waals surface area contributed by atoms with Crippen LogP contribution in [-0.2, 0) is 0 Å². The Morgan fingerprint density at radius 1 is 0.852 bits per heavy atom. The van der Waals surface area contributed by atoms with E-state index in [1.807, 2.05) is 12.1 Å². The van der Waals surface area contributed by atoms with E-state index >= 15 is 0 Å². The van der Waals surface area contributed by atoms with Crippen LogP contribution in [0, 0.1) is 27.2 Å². The molecule has 0 aliphatic carbocycles. The zero-order valence-electron chi connectivity index (χ0n) is 13.9. The van der Waals surface area contributed by atoms with Crippen LogP contribution in [0.2, 0.25) is 0 Å². The lowest BCUT2D eigenvalue weighted by Gasteiger charge is -2.07. The monoisotopic (exact) mass is 368 g/mol. The summed E-state index contributed by atoms with van der Waals surface area (Å²) in [6.45, 7) is 1.80. The second-order valence-electron chi connectivity index (χ2n) is 5.65. The van der Waals surface area contributed by atoms with E-state index in [9.17, 15) is 30.4 Å². The van der Waals surface area contributed by atoms with Crippen molar-refractivity contribution in [3.8, 4) is 11.5 Å². The largest absolute Gasteiger partial charge is 0.505 e. The molecule has 0 aromatic heterocycles. The molecule has 0 atom stereocenters. The number of fused-ring (bicyclic) bond motifs is 1. The van der Waals surface area contributed by atoms with Crippen molar-refractivity contribution in [1.29, 1.82) is 0 Å². The number of aryl methyl sites for hydroxylation is 1. The van der Waals surface area contributed by atoms with E-state index in [0.29, 0.717) is 11.5 Å². The van der Waals surface area contributed by atoms with E-state index in [0.717, 1.165) is 17.0 Å². The number of phenolic OH excluding ortho intramolecular Hbond substituents is 2. The zero-order chi connectivity index (χ0) is 19.7. The van der Waals surface area contributed by atoms with Crippen LogP contribution in [0.25, 0.3) is 10.8 Å². The minimum Gasteiger partial charge on any atom is -0.505 e. The minimum absolute atomic E-state index is 0.0553.